The lowest BCUT2D eigenvalue weighted by atomic mass is 10.0. The summed E-state index contributed by atoms with van der Waals surface area (Å²) in [5.41, 5.74) is -1.69. The van der Waals surface area contributed by atoms with Gasteiger partial charge < -0.3 is 24.5 Å². The van der Waals surface area contributed by atoms with Crippen LogP contribution in [-0.2, 0) is 21.6 Å². The molecule has 0 aliphatic carbocycles. The second-order valence-electron chi connectivity index (χ2n) is 7.02. The number of hydrogen-bond donors (Lipinski definition) is 2. The highest BCUT2D eigenvalue weighted by Crippen LogP contribution is 2.23. The first-order valence-corrected chi connectivity index (χ1v) is 7.78. The number of aromatic nitrogens is 2. The molecule has 1 aromatic rings. The summed E-state index contributed by atoms with van der Waals surface area (Å²) < 4.78 is 10.2. The van der Waals surface area contributed by atoms with Crippen LogP contribution in [0.4, 0.5) is 4.79 Å². The molecule has 0 bridgehead atoms. The molecular formula is C16H27N3O5. The number of carbonyl (C=O) groups excluding carboxylic acids is 2. The van der Waals surface area contributed by atoms with E-state index in [-0.39, 0.29) is 24.5 Å². The number of nitrogens with one attached hydrogen (secondary N) is 1. The number of hydrogen-bond acceptors (Lipinski definition) is 6. The minimum absolute atomic E-state index is 0.0805. The van der Waals surface area contributed by atoms with Crippen molar-refractivity contribution in [1.82, 2.24) is 14.9 Å². The molecule has 0 aliphatic heterocycles. The second-order valence-corrected chi connectivity index (χ2v) is 7.02. The predicted octanol–water partition coefficient (Wildman–Crippen LogP) is 2.18. The van der Waals surface area contributed by atoms with E-state index in [1.54, 1.807) is 34.7 Å². The van der Waals surface area contributed by atoms with Gasteiger partial charge in [0.15, 0.2) is 5.69 Å². The van der Waals surface area contributed by atoms with Gasteiger partial charge in [-0.1, -0.05) is 0 Å². The van der Waals surface area contributed by atoms with E-state index < -0.39 is 23.3 Å². The molecule has 136 valence electrons. The van der Waals surface area contributed by atoms with Gasteiger partial charge in [-0.2, -0.15) is 0 Å². The number of amides is 1. The van der Waals surface area contributed by atoms with E-state index in [0.717, 1.165) is 0 Å². The molecular weight excluding hydrogens is 314 g/mol. The van der Waals surface area contributed by atoms with E-state index in [2.05, 4.69) is 9.97 Å². The molecule has 1 aromatic heterocycles. The molecule has 0 unspecified atom stereocenters. The Kier molecular flexibility index (Phi) is 5.99. The van der Waals surface area contributed by atoms with Gasteiger partial charge in [-0.3, -0.25) is 0 Å². The predicted molar refractivity (Wildman–Crippen MR) is 87.5 cm³/mol. The van der Waals surface area contributed by atoms with Gasteiger partial charge in [0.1, 0.15) is 22.7 Å². The van der Waals surface area contributed by atoms with E-state index in [0.29, 0.717) is 5.82 Å². The zero-order valence-electron chi connectivity index (χ0n) is 15.4. The lowest BCUT2D eigenvalue weighted by Crippen LogP contribution is -2.34. The Hall–Kier alpha value is -2.09. The zero-order valence-corrected chi connectivity index (χ0v) is 15.4. The highest BCUT2D eigenvalue weighted by molar-refractivity contribution is 5.89. The number of aromatic amines is 1. The number of ether oxygens (including phenoxy) is 2. The Morgan fingerprint density at radius 3 is 2.29 bits per heavy atom. The van der Waals surface area contributed by atoms with E-state index in [1.165, 1.54) is 18.7 Å². The maximum atomic E-state index is 12.0. The molecule has 1 rings (SSSR count). The Labute approximate surface area is 142 Å². The molecule has 0 atom stereocenters. The molecule has 0 radical (unpaired) electrons. The SMILES string of the molecule is CCOC(=O)c1[nH]c(CN(C)C(=O)OC(C)(C)C)nc1C(C)(C)O. The summed E-state index contributed by atoms with van der Waals surface area (Å²) in [6, 6.07) is 0. The lowest BCUT2D eigenvalue weighted by Gasteiger charge is -2.24. The number of esters is 1. The Balaban J connectivity index is 3.01. The van der Waals surface area contributed by atoms with Gasteiger partial charge in [-0.05, 0) is 41.5 Å². The van der Waals surface area contributed by atoms with Crippen molar-refractivity contribution in [2.45, 2.75) is 59.3 Å². The second kappa shape index (κ2) is 7.21. The third-order valence-electron chi connectivity index (χ3n) is 2.90. The van der Waals surface area contributed by atoms with Crippen molar-refractivity contribution in [2.24, 2.45) is 0 Å². The minimum atomic E-state index is -1.33. The Morgan fingerprint density at radius 1 is 1.25 bits per heavy atom. The first kappa shape index (κ1) is 20.0. The van der Waals surface area contributed by atoms with Crippen molar-refractivity contribution in [1.29, 1.82) is 0 Å². The molecule has 0 aliphatic rings. The molecule has 8 nitrogen and oxygen atoms in total. The van der Waals surface area contributed by atoms with E-state index in [4.69, 9.17) is 9.47 Å². The molecule has 0 saturated heterocycles. The first-order chi connectivity index (χ1) is 10.8. The molecule has 0 fully saturated rings. The number of carbonyl (C=O) groups is 2. The smallest absolute Gasteiger partial charge is 0.410 e. The molecule has 0 saturated carbocycles. The average molecular weight is 341 g/mol. The monoisotopic (exact) mass is 341 g/mol. The number of nitrogens with zero attached hydrogens (tertiary/aromatic N) is 2. The topological polar surface area (TPSA) is 105 Å². The third kappa shape index (κ3) is 5.52. The van der Waals surface area contributed by atoms with Crippen molar-refractivity contribution in [3.05, 3.63) is 17.2 Å². The van der Waals surface area contributed by atoms with Crippen LogP contribution >= 0.6 is 0 Å². The van der Waals surface area contributed by atoms with Gasteiger partial charge in [-0.25, -0.2) is 14.6 Å². The standard InChI is InChI=1S/C16H27N3O5/c1-8-23-13(20)11-12(16(5,6)22)18-10(17-11)9-19(7)14(21)24-15(2,3)4/h22H,8-9H2,1-7H3,(H,17,18). The van der Waals surface area contributed by atoms with Gasteiger partial charge in [0.2, 0.25) is 0 Å². The number of aliphatic hydroxyl groups is 1. The van der Waals surface area contributed by atoms with Crippen LogP contribution in [0.5, 0.6) is 0 Å². The summed E-state index contributed by atoms with van der Waals surface area (Å²) in [4.78, 5) is 32.4. The van der Waals surface area contributed by atoms with Crippen molar-refractivity contribution >= 4 is 12.1 Å². The van der Waals surface area contributed by atoms with Crippen LogP contribution in [-0.4, -0.2) is 51.3 Å². The molecule has 1 amide bonds. The summed E-state index contributed by atoms with van der Waals surface area (Å²) in [6.45, 7) is 10.4. The summed E-state index contributed by atoms with van der Waals surface area (Å²) >= 11 is 0. The zero-order chi connectivity index (χ0) is 18.7. The number of H-pyrrole nitrogens is 1. The van der Waals surface area contributed by atoms with Gasteiger partial charge in [0.25, 0.3) is 0 Å². The molecule has 2 N–H and O–H groups in total. The number of imidazole rings is 1. The van der Waals surface area contributed by atoms with Crippen LogP contribution in [0, 0.1) is 0 Å². The highest BCUT2D eigenvalue weighted by Gasteiger charge is 2.30. The van der Waals surface area contributed by atoms with Gasteiger partial charge in [-0.15, -0.1) is 0 Å². The molecule has 0 spiro atoms. The molecule has 1 heterocycles. The first-order valence-electron chi connectivity index (χ1n) is 7.78. The number of rotatable bonds is 5. The quantitative estimate of drug-likeness (QED) is 0.795. The van der Waals surface area contributed by atoms with Crippen LogP contribution in [0.2, 0.25) is 0 Å². The fourth-order valence-corrected chi connectivity index (χ4v) is 1.92. The fraction of sp³-hybridized carbons (Fsp3) is 0.688. The van der Waals surface area contributed by atoms with Crippen molar-refractivity contribution in [2.75, 3.05) is 13.7 Å². The molecule has 0 aromatic carbocycles. The summed E-state index contributed by atoms with van der Waals surface area (Å²) in [5.74, 6) is -0.253. The van der Waals surface area contributed by atoms with Crippen molar-refractivity contribution < 1.29 is 24.2 Å². The van der Waals surface area contributed by atoms with Crippen molar-refractivity contribution in [3.8, 4) is 0 Å². The normalized spacial score (nSPS) is 12.0. The van der Waals surface area contributed by atoms with Crippen molar-refractivity contribution in [3.63, 3.8) is 0 Å². The Morgan fingerprint density at radius 2 is 1.83 bits per heavy atom. The van der Waals surface area contributed by atoms with Crippen LogP contribution in [0.15, 0.2) is 0 Å². The van der Waals surface area contributed by atoms with Crippen LogP contribution < -0.4 is 0 Å². The van der Waals surface area contributed by atoms with Gasteiger partial charge in [0, 0.05) is 7.05 Å². The lowest BCUT2D eigenvalue weighted by molar-refractivity contribution is 0.0281. The highest BCUT2D eigenvalue weighted by atomic mass is 16.6. The van der Waals surface area contributed by atoms with Crippen LogP contribution in [0.3, 0.4) is 0 Å². The van der Waals surface area contributed by atoms with Crippen LogP contribution in [0.1, 0.15) is 63.5 Å². The van der Waals surface area contributed by atoms with E-state index in [1.807, 2.05) is 0 Å². The van der Waals surface area contributed by atoms with Gasteiger partial charge >= 0.3 is 12.1 Å². The molecule has 8 heteroatoms. The molecule has 24 heavy (non-hydrogen) atoms. The Bertz CT molecular complexity index is 596. The summed E-state index contributed by atoms with van der Waals surface area (Å²) in [6.07, 6.45) is -0.513. The fourth-order valence-electron chi connectivity index (χ4n) is 1.92. The van der Waals surface area contributed by atoms with Gasteiger partial charge in [0.05, 0.1) is 13.2 Å². The summed E-state index contributed by atoms with van der Waals surface area (Å²) in [5, 5.41) is 10.2. The largest absolute Gasteiger partial charge is 0.461 e. The maximum Gasteiger partial charge on any atom is 0.410 e. The van der Waals surface area contributed by atoms with E-state index >= 15 is 0 Å². The maximum absolute atomic E-state index is 12.0. The summed E-state index contributed by atoms with van der Waals surface area (Å²) in [7, 11) is 1.56. The average Bonchev–Trinajstić information content (AvgIpc) is 2.81. The van der Waals surface area contributed by atoms with Crippen LogP contribution in [0.25, 0.3) is 0 Å². The minimum Gasteiger partial charge on any atom is -0.461 e. The third-order valence-corrected chi connectivity index (χ3v) is 2.90. The van der Waals surface area contributed by atoms with E-state index in [9.17, 15) is 14.7 Å².